The van der Waals surface area contributed by atoms with Crippen LogP contribution < -0.4 is 4.90 Å². The highest BCUT2D eigenvalue weighted by atomic mass is 15.1. The van der Waals surface area contributed by atoms with Gasteiger partial charge in [-0.3, -0.25) is 0 Å². The van der Waals surface area contributed by atoms with Crippen LogP contribution in [0.2, 0.25) is 0 Å². The Balaban J connectivity index is 1.03. The van der Waals surface area contributed by atoms with E-state index in [1.807, 2.05) is 0 Å². The van der Waals surface area contributed by atoms with Gasteiger partial charge in [0, 0.05) is 33.4 Å². The number of para-hydroxylation sites is 2. The van der Waals surface area contributed by atoms with Crippen molar-refractivity contribution in [2.24, 2.45) is 0 Å². The first-order valence-electron chi connectivity index (χ1n) is 23.4. The monoisotopic (exact) mass is 864 g/mol. The number of benzene rings is 12. The molecule has 0 aliphatic heterocycles. The number of aromatic nitrogens is 1. The highest BCUT2D eigenvalue weighted by Gasteiger charge is 2.22. The van der Waals surface area contributed by atoms with Crippen LogP contribution in [0.5, 0.6) is 0 Å². The van der Waals surface area contributed by atoms with Gasteiger partial charge < -0.3 is 9.47 Å². The summed E-state index contributed by atoms with van der Waals surface area (Å²) in [5, 5.41) is 10.1. The Bertz CT molecular complexity index is 4020. The lowest BCUT2D eigenvalue weighted by molar-refractivity contribution is 1.18. The molecule has 2 nitrogen and oxygen atoms in total. The fourth-order valence-corrected chi connectivity index (χ4v) is 10.6. The Morgan fingerprint density at radius 3 is 1.69 bits per heavy atom. The van der Waals surface area contributed by atoms with Gasteiger partial charge in [0.05, 0.1) is 16.7 Å². The molecule has 1 heterocycles. The van der Waals surface area contributed by atoms with Crippen molar-refractivity contribution in [3.05, 3.63) is 267 Å². The van der Waals surface area contributed by atoms with Gasteiger partial charge in [-0.05, 0) is 132 Å². The van der Waals surface area contributed by atoms with Crippen LogP contribution in [0.3, 0.4) is 0 Å². The summed E-state index contributed by atoms with van der Waals surface area (Å²) in [5.41, 5.74) is 16.1. The van der Waals surface area contributed by atoms with Crippen molar-refractivity contribution < 1.29 is 0 Å². The van der Waals surface area contributed by atoms with Gasteiger partial charge in [-0.15, -0.1) is 0 Å². The van der Waals surface area contributed by atoms with E-state index in [9.17, 15) is 0 Å². The Kier molecular flexibility index (Phi) is 9.54. The molecule has 0 amide bonds. The highest BCUT2D eigenvalue weighted by molar-refractivity contribution is 6.21. The smallest absolute Gasteiger partial charge is 0.0547 e. The quantitative estimate of drug-likeness (QED) is 0.138. The van der Waals surface area contributed by atoms with E-state index in [2.05, 4.69) is 276 Å². The number of hydrogen-bond donors (Lipinski definition) is 0. The average Bonchev–Trinajstić information content (AvgIpc) is 3.76. The van der Waals surface area contributed by atoms with E-state index >= 15 is 0 Å². The van der Waals surface area contributed by atoms with E-state index in [0.29, 0.717) is 0 Å². The molecule has 0 fully saturated rings. The van der Waals surface area contributed by atoms with Gasteiger partial charge >= 0.3 is 0 Å². The Morgan fingerprint density at radius 2 is 0.882 bits per heavy atom. The van der Waals surface area contributed by atoms with Crippen LogP contribution in [0.1, 0.15) is 0 Å². The van der Waals surface area contributed by atoms with Crippen LogP contribution in [0.15, 0.2) is 267 Å². The van der Waals surface area contributed by atoms with E-state index in [-0.39, 0.29) is 0 Å². The summed E-state index contributed by atoms with van der Waals surface area (Å²) in [7, 11) is 0. The topological polar surface area (TPSA) is 8.17 Å². The Morgan fingerprint density at radius 1 is 0.265 bits per heavy atom. The predicted octanol–water partition coefficient (Wildman–Crippen LogP) is 18.4. The van der Waals surface area contributed by atoms with Crippen LogP contribution in [0, 0.1) is 0 Å². The summed E-state index contributed by atoms with van der Waals surface area (Å²) in [6, 6.07) is 97.6. The molecule has 0 aliphatic rings. The van der Waals surface area contributed by atoms with Crippen LogP contribution in [-0.2, 0) is 0 Å². The lowest BCUT2D eigenvalue weighted by Gasteiger charge is -2.29. The highest BCUT2D eigenvalue weighted by Crippen LogP contribution is 2.47. The summed E-state index contributed by atoms with van der Waals surface area (Å²) in [6.45, 7) is 0. The molecule has 12 aromatic carbocycles. The molecule has 0 atom stereocenters. The molecule has 0 radical (unpaired) electrons. The van der Waals surface area contributed by atoms with E-state index in [1.54, 1.807) is 0 Å². The number of nitrogens with zero attached hydrogens (tertiary/aromatic N) is 2. The van der Waals surface area contributed by atoms with E-state index in [0.717, 1.165) is 39.4 Å². The molecular weight excluding hydrogens is 821 g/mol. The van der Waals surface area contributed by atoms with Crippen LogP contribution in [0.4, 0.5) is 17.1 Å². The minimum atomic E-state index is 1.07. The second kappa shape index (κ2) is 16.5. The van der Waals surface area contributed by atoms with Crippen molar-refractivity contribution in [2.45, 2.75) is 0 Å². The zero-order valence-corrected chi connectivity index (χ0v) is 37.3. The molecule has 68 heavy (non-hydrogen) atoms. The van der Waals surface area contributed by atoms with Gasteiger partial charge in [0.1, 0.15) is 0 Å². The van der Waals surface area contributed by atoms with Gasteiger partial charge in [-0.1, -0.05) is 206 Å². The third kappa shape index (κ3) is 6.65. The van der Waals surface area contributed by atoms with Gasteiger partial charge in [-0.2, -0.15) is 0 Å². The largest absolute Gasteiger partial charge is 0.310 e. The van der Waals surface area contributed by atoms with Crippen molar-refractivity contribution in [3.63, 3.8) is 0 Å². The molecular formula is C66H44N2. The molecule has 318 valence electrons. The Labute approximate surface area is 395 Å². The van der Waals surface area contributed by atoms with Crippen molar-refractivity contribution in [1.29, 1.82) is 0 Å². The fourth-order valence-electron chi connectivity index (χ4n) is 10.6. The second-order valence-corrected chi connectivity index (χ2v) is 17.6. The molecule has 0 bridgehead atoms. The maximum Gasteiger partial charge on any atom is 0.0547 e. The molecule has 0 aliphatic carbocycles. The molecule has 0 N–H and O–H groups in total. The van der Waals surface area contributed by atoms with Gasteiger partial charge in [0.15, 0.2) is 0 Å². The summed E-state index contributed by atoms with van der Waals surface area (Å²) in [5.74, 6) is 0. The number of anilines is 3. The van der Waals surface area contributed by atoms with Crippen molar-refractivity contribution in [2.75, 3.05) is 4.90 Å². The number of rotatable bonds is 8. The number of fused-ring (bicyclic) bond motifs is 8. The van der Waals surface area contributed by atoms with Gasteiger partial charge in [0.25, 0.3) is 0 Å². The zero-order valence-electron chi connectivity index (χ0n) is 37.3. The van der Waals surface area contributed by atoms with Crippen LogP contribution in [-0.4, -0.2) is 4.57 Å². The maximum atomic E-state index is 2.45. The van der Waals surface area contributed by atoms with E-state index < -0.39 is 0 Å². The van der Waals surface area contributed by atoms with Crippen molar-refractivity contribution >= 4 is 71.2 Å². The standard InChI is InChI=1S/C66H44N2/c1-3-18-45(19-4-1)49-24-17-25-52(42-49)67(51-37-34-48(35-38-51)61-43-50-23-8-9-26-54(50)57-28-11-12-29-58(57)61)63-32-15-13-30-59(63)62-44-53(39-40-55(62)46-20-5-2-6-21-46)68-64-33-16-14-31-60(64)66-56-27-10-7-22-47(56)36-41-65(66)68/h1-44H. The first-order chi connectivity index (χ1) is 33.7. The third-order valence-corrected chi connectivity index (χ3v) is 13.8. The molecule has 0 saturated carbocycles. The lowest BCUT2D eigenvalue weighted by atomic mass is 9.92. The minimum absolute atomic E-state index is 1.07. The van der Waals surface area contributed by atoms with Crippen molar-refractivity contribution in [3.8, 4) is 50.2 Å². The summed E-state index contributed by atoms with van der Waals surface area (Å²) >= 11 is 0. The van der Waals surface area contributed by atoms with Crippen molar-refractivity contribution in [1.82, 2.24) is 4.57 Å². The first kappa shape index (κ1) is 39.4. The van der Waals surface area contributed by atoms with Gasteiger partial charge in [0.2, 0.25) is 0 Å². The fraction of sp³-hybridized carbons (Fsp3) is 0. The third-order valence-electron chi connectivity index (χ3n) is 13.8. The van der Waals surface area contributed by atoms with Gasteiger partial charge in [-0.25, -0.2) is 0 Å². The molecule has 13 aromatic rings. The lowest BCUT2D eigenvalue weighted by Crippen LogP contribution is -2.11. The molecule has 2 heteroatoms. The van der Waals surface area contributed by atoms with Crippen LogP contribution in [0.25, 0.3) is 104 Å². The zero-order chi connectivity index (χ0) is 45.0. The molecule has 0 saturated heterocycles. The second-order valence-electron chi connectivity index (χ2n) is 17.6. The Hall–Kier alpha value is -8.98. The summed E-state index contributed by atoms with van der Waals surface area (Å²) in [6.07, 6.45) is 0. The maximum absolute atomic E-state index is 2.45. The molecule has 1 aromatic heterocycles. The minimum Gasteiger partial charge on any atom is -0.310 e. The number of hydrogen-bond acceptors (Lipinski definition) is 1. The predicted molar refractivity (Wildman–Crippen MR) is 290 cm³/mol. The summed E-state index contributed by atoms with van der Waals surface area (Å²) in [4.78, 5) is 2.44. The molecule has 13 rings (SSSR count). The SMILES string of the molecule is c1ccc(-c2cccc(N(c3ccc(-c4cc5ccccc5c5ccccc45)cc3)c3ccccc3-c3cc(-n4c5ccccc5c5c6ccccc6ccc54)ccc3-c3ccccc3)c2)cc1. The molecule has 0 spiro atoms. The van der Waals surface area contributed by atoms with Crippen LogP contribution >= 0.6 is 0 Å². The van der Waals surface area contributed by atoms with E-state index in [4.69, 9.17) is 0 Å². The average molecular weight is 865 g/mol. The normalized spacial score (nSPS) is 11.5. The summed E-state index contributed by atoms with van der Waals surface area (Å²) < 4.78 is 2.45. The first-order valence-corrected chi connectivity index (χ1v) is 23.4. The molecule has 0 unspecified atom stereocenters. The van der Waals surface area contributed by atoms with E-state index in [1.165, 1.54) is 81.9 Å².